The number of carbonyl (C=O) groups excluding carboxylic acids is 1. The first-order valence-electron chi connectivity index (χ1n) is 7.87. The summed E-state index contributed by atoms with van der Waals surface area (Å²) in [5, 5.41) is 8.57. The molecule has 0 aromatic carbocycles. The minimum absolute atomic E-state index is 0.228. The van der Waals surface area contributed by atoms with Crippen LogP contribution in [-0.4, -0.2) is 32.1 Å². The Labute approximate surface area is 127 Å². The molecular formula is C16H26N4O. The van der Waals surface area contributed by atoms with Crippen molar-refractivity contribution < 1.29 is 4.79 Å². The third kappa shape index (κ3) is 3.52. The highest BCUT2D eigenvalue weighted by Gasteiger charge is 2.29. The molecule has 1 amide bonds. The molecule has 21 heavy (non-hydrogen) atoms. The average molecular weight is 290 g/mol. The molecule has 0 saturated heterocycles. The lowest BCUT2D eigenvalue weighted by atomic mass is 10.1. The van der Waals surface area contributed by atoms with Crippen LogP contribution in [0.1, 0.15) is 70.6 Å². The Morgan fingerprint density at radius 3 is 2.86 bits per heavy atom. The molecule has 116 valence electrons. The number of aromatic nitrogens is 3. The molecule has 0 radical (unpaired) electrons. The summed E-state index contributed by atoms with van der Waals surface area (Å²) in [6.45, 7) is 9.75. The zero-order valence-electron chi connectivity index (χ0n) is 13.5. The van der Waals surface area contributed by atoms with E-state index in [9.17, 15) is 4.79 Å². The SMILES string of the molecule is C/C=C/CCCC(=O)N1Cc2nnc(C(C)C)n2[C@@H](C)C1. The third-order valence-corrected chi connectivity index (χ3v) is 3.92. The molecule has 1 aromatic heterocycles. The summed E-state index contributed by atoms with van der Waals surface area (Å²) < 4.78 is 2.20. The Morgan fingerprint density at radius 1 is 1.43 bits per heavy atom. The first kappa shape index (κ1) is 15.7. The van der Waals surface area contributed by atoms with Gasteiger partial charge in [-0.15, -0.1) is 10.2 Å². The summed E-state index contributed by atoms with van der Waals surface area (Å²) in [6.07, 6.45) is 6.64. The van der Waals surface area contributed by atoms with Gasteiger partial charge in [0.25, 0.3) is 0 Å². The van der Waals surface area contributed by atoms with E-state index in [0.29, 0.717) is 18.9 Å². The predicted molar refractivity (Wildman–Crippen MR) is 82.9 cm³/mol. The molecule has 0 aliphatic carbocycles. The van der Waals surface area contributed by atoms with E-state index in [2.05, 4.69) is 41.6 Å². The Balaban J connectivity index is 2.01. The van der Waals surface area contributed by atoms with E-state index >= 15 is 0 Å². The van der Waals surface area contributed by atoms with E-state index in [1.807, 2.05) is 17.9 Å². The first-order chi connectivity index (χ1) is 10.0. The molecular weight excluding hydrogens is 264 g/mol. The van der Waals surface area contributed by atoms with Gasteiger partial charge in [-0.3, -0.25) is 4.79 Å². The van der Waals surface area contributed by atoms with Crippen LogP contribution >= 0.6 is 0 Å². The van der Waals surface area contributed by atoms with Gasteiger partial charge in [-0.05, 0) is 26.7 Å². The van der Waals surface area contributed by atoms with Crippen LogP contribution in [0.15, 0.2) is 12.2 Å². The van der Waals surface area contributed by atoms with Gasteiger partial charge in [0.05, 0.1) is 12.6 Å². The zero-order chi connectivity index (χ0) is 15.4. The van der Waals surface area contributed by atoms with Gasteiger partial charge < -0.3 is 9.47 Å². The summed E-state index contributed by atoms with van der Waals surface area (Å²) >= 11 is 0. The molecule has 0 unspecified atom stereocenters. The van der Waals surface area contributed by atoms with Gasteiger partial charge in [-0.1, -0.05) is 26.0 Å². The first-order valence-corrected chi connectivity index (χ1v) is 7.87. The molecule has 0 N–H and O–H groups in total. The highest BCUT2D eigenvalue weighted by atomic mass is 16.2. The van der Waals surface area contributed by atoms with Gasteiger partial charge >= 0.3 is 0 Å². The maximum Gasteiger partial charge on any atom is 0.223 e. The number of unbranched alkanes of at least 4 members (excludes halogenated alkanes) is 1. The van der Waals surface area contributed by atoms with E-state index in [1.165, 1.54) is 0 Å². The fourth-order valence-corrected chi connectivity index (χ4v) is 2.84. The number of hydrogen-bond acceptors (Lipinski definition) is 3. The lowest BCUT2D eigenvalue weighted by Gasteiger charge is -2.33. The van der Waals surface area contributed by atoms with Crippen LogP contribution in [0, 0.1) is 0 Å². The van der Waals surface area contributed by atoms with Crippen molar-refractivity contribution in [1.29, 1.82) is 0 Å². The molecule has 0 bridgehead atoms. The van der Waals surface area contributed by atoms with Crippen molar-refractivity contribution in [3.05, 3.63) is 23.8 Å². The molecule has 0 fully saturated rings. The van der Waals surface area contributed by atoms with Gasteiger partial charge in [-0.2, -0.15) is 0 Å². The molecule has 1 aliphatic heterocycles. The van der Waals surface area contributed by atoms with E-state index in [0.717, 1.165) is 31.0 Å². The fourth-order valence-electron chi connectivity index (χ4n) is 2.84. The minimum atomic E-state index is 0.228. The molecule has 1 aromatic rings. The molecule has 1 atom stereocenters. The van der Waals surface area contributed by atoms with Crippen LogP contribution in [0.5, 0.6) is 0 Å². The fraction of sp³-hybridized carbons (Fsp3) is 0.688. The normalized spacial score (nSPS) is 18.5. The highest BCUT2D eigenvalue weighted by Crippen LogP contribution is 2.25. The average Bonchev–Trinajstić information content (AvgIpc) is 2.88. The van der Waals surface area contributed by atoms with Gasteiger partial charge in [0.1, 0.15) is 5.82 Å². The standard InChI is InChI=1S/C16H26N4O/c1-5-6-7-8-9-15(21)19-10-13(4)20-14(11-19)17-18-16(20)12(2)3/h5-6,12-13H,7-11H2,1-4H3/b6-5+/t13-/m0/s1. The van der Waals surface area contributed by atoms with Crippen molar-refractivity contribution in [2.75, 3.05) is 6.54 Å². The quantitative estimate of drug-likeness (QED) is 0.618. The van der Waals surface area contributed by atoms with Crippen molar-refractivity contribution in [3.8, 4) is 0 Å². The van der Waals surface area contributed by atoms with Gasteiger partial charge in [0.2, 0.25) is 5.91 Å². The molecule has 0 saturated carbocycles. The number of amides is 1. The molecule has 5 nitrogen and oxygen atoms in total. The largest absolute Gasteiger partial charge is 0.333 e. The van der Waals surface area contributed by atoms with Crippen LogP contribution in [0.25, 0.3) is 0 Å². The van der Waals surface area contributed by atoms with E-state index < -0.39 is 0 Å². The van der Waals surface area contributed by atoms with Crippen LogP contribution in [0.3, 0.4) is 0 Å². The maximum absolute atomic E-state index is 12.3. The summed E-state index contributed by atoms with van der Waals surface area (Å²) in [5.74, 6) is 2.53. The Morgan fingerprint density at radius 2 is 2.19 bits per heavy atom. The minimum Gasteiger partial charge on any atom is -0.333 e. The van der Waals surface area contributed by atoms with Crippen LogP contribution in [0.4, 0.5) is 0 Å². The smallest absolute Gasteiger partial charge is 0.223 e. The zero-order valence-corrected chi connectivity index (χ0v) is 13.5. The van der Waals surface area contributed by atoms with Crippen LogP contribution in [0.2, 0.25) is 0 Å². The number of nitrogens with zero attached hydrogens (tertiary/aromatic N) is 4. The van der Waals surface area contributed by atoms with Crippen molar-refractivity contribution in [3.63, 3.8) is 0 Å². The molecule has 0 spiro atoms. The monoisotopic (exact) mass is 290 g/mol. The molecule has 5 heteroatoms. The van der Waals surface area contributed by atoms with E-state index in [-0.39, 0.29) is 11.9 Å². The van der Waals surface area contributed by atoms with Crippen molar-refractivity contribution in [1.82, 2.24) is 19.7 Å². The van der Waals surface area contributed by atoms with Crippen LogP contribution < -0.4 is 0 Å². The van der Waals surface area contributed by atoms with Crippen molar-refractivity contribution in [2.45, 2.75) is 65.5 Å². The number of allylic oxidation sites excluding steroid dienone is 2. The summed E-state index contributed by atoms with van der Waals surface area (Å²) in [4.78, 5) is 14.2. The Hall–Kier alpha value is -1.65. The number of carbonyl (C=O) groups is 1. The molecule has 2 heterocycles. The number of fused-ring (bicyclic) bond motifs is 1. The number of hydrogen-bond donors (Lipinski definition) is 0. The van der Waals surface area contributed by atoms with Crippen molar-refractivity contribution in [2.24, 2.45) is 0 Å². The number of rotatable bonds is 5. The topological polar surface area (TPSA) is 51.0 Å². The second-order valence-corrected chi connectivity index (χ2v) is 6.08. The summed E-state index contributed by atoms with van der Waals surface area (Å²) in [6, 6.07) is 0.251. The van der Waals surface area contributed by atoms with E-state index in [4.69, 9.17) is 0 Å². The highest BCUT2D eigenvalue weighted by molar-refractivity contribution is 5.76. The predicted octanol–water partition coefficient (Wildman–Crippen LogP) is 3.05. The molecule has 1 aliphatic rings. The van der Waals surface area contributed by atoms with Gasteiger partial charge in [-0.25, -0.2) is 0 Å². The summed E-state index contributed by atoms with van der Waals surface area (Å²) in [5.41, 5.74) is 0. The van der Waals surface area contributed by atoms with Gasteiger partial charge in [0, 0.05) is 18.9 Å². The summed E-state index contributed by atoms with van der Waals surface area (Å²) in [7, 11) is 0. The molecule has 2 rings (SSSR count). The maximum atomic E-state index is 12.3. The van der Waals surface area contributed by atoms with Crippen LogP contribution in [-0.2, 0) is 11.3 Å². The third-order valence-electron chi connectivity index (χ3n) is 3.92. The van der Waals surface area contributed by atoms with E-state index in [1.54, 1.807) is 0 Å². The Kier molecular flexibility index (Phi) is 5.15. The lowest BCUT2D eigenvalue weighted by Crippen LogP contribution is -2.40. The lowest BCUT2D eigenvalue weighted by molar-refractivity contribution is -0.133. The second-order valence-electron chi connectivity index (χ2n) is 6.08. The second kappa shape index (κ2) is 6.87. The Bertz CT molecular complexity index is 518. The van der Waals surface area contributed by atoms with Gasteiger partial charge in [0.15, 0.2) is 5.82 Å². The van der Waals surface area contributed by atoms with Crippen molar-refractivity contribution >= 4 is 5.91 Å².